The van der Waals surface area contributed by atoms with Crippen LogP contribution in [0.4, 0.5) is 20.2 Å². The third kappa shape index (κ3) is 9.69. The van der Waals surface area contributed by atoms with E-state index in [1.54, 1.807) is 66.4 Å². The average Bonchev–Trinajstić information content (AvgIpc) is 3.74. The van der Waals surface area contributed by atoms with Gasteiger partial charge in [0.1, 0.15) is 11.6 Å². The van der Waals surface area contributed by atoms with Gasteiger partial charge >= 0.3 is 0 Å². The van der Waals surface area contributed by atoms with Gasteiger partial charge in [0, 0.05) is 48.3 Å². The number of pyridine rings is 2. The molecule has 11 heteroatoms. The van der Waals surface area contributed by atoms with E-state index in [1.807, 2.05) is 24.3 Å². The number of terminal acetylenes is 1. The first-order chi connectivity index (χ1) is 21.9. The molecule has 0 aliphatic carbocycles. The normalized spacial score (nSPS) is 9.42. The van der Waals surface area contributed by atoms with E-state index in [-0.39, 0.29) is 11.4 Å². The second-order valence-corrected chi connectivity index (χ2v) is 9.96. The molecule has 0 saturated carbocycles. The highest BCUT2D eigenvalue weighted by molar-refractivity contribution is 14.1. The maximum atomic E-state index is 13.5. The Morgan fingerprint density at radius 1 is 0.689 bits per heavy atom. The minimum absolute atomic E-state index is 0.230. The molecule has 0 saturated heterocycles. The van der Waals surface area contributed by atoms with Crippen molar-refractivity contribution in [3.8, 4) is 35.6 Å². The average molecular weight is 704 g/mol. The molecule has 0 spiro atoms. The van der Waals surface area contributed by atoms with Crippen LogP contribution in [-0.2, 0) is 0 Å². The third-order valence-corrected chi connectivity index (χ3v) is 6.05. The molecule has 8 nitrogen and oxygen atoms in total. The van der Waals surface area contributed by atoms with E-state index < -0.39 is 11.6 Å². The van der Waals surface area contributed by atoms with Crippen LogP contribution in [-0.4, -0.2) is 29.5 Å². The van der Waals surface area contributed by atoms with Crippen molar-refractivity contribution in [2.24, 2.45) is 0 Å². The number of nitrogens with zero attached hydrogens (tertiary/aromatic N) is 8. The van der Waals surface area contributed by atoms with Crippen LogP contribution in [0.5, 0.6) is 0 Å². The maximum absolute atomic E-state index is 13.5. The van der Waals surface area contributed by atoms with Gasteiger partial charge in [-0.3, -0.25) is 9.97 Å². The lowest BCUT2D eigenvalue weighted by Crippen LogP contribution is -1.94. The second kappa shape index (κ2) is 15.9. The van der Waals surface area contributed by atoms with Crippen LogP contribution in [0.2, 0.25) is 0 Å². The minimum Gasteiger partial charge on any atom is -0.263 e. The zero-order chi connectivity index (χ0) is 32.0. The van der Waals surface area contributed by atoms with Crippen LogP contribution in [0.1, 0.15) is 16.7 Å². The molecule has 0 aliphatic heterocycles. The fraction of sp³-hybridized carbons (Fsp3) is 0. The molecule has 0 amide bonds. The number of aromatic nitrogens is 6. The summed E-state index contributed by atoms with van der Waals surface area (Å²) in [6, 6.07) is 15.5. The Kier molecular flexibility index (Phi) is 11.2. The van der Waals surface area contributed by atoms with E-state index in [9.17, 15) is 8.78 Å². The summed E-state index contributed by atoms with van der Waals surface area (Å²) in [4.78, 5) is 14.2. The number of hydrogen-bond donors (Lipinski definition) is 0. The third-order valence-electron chi connectivity index (χ3n) is 5.50. The first-order valence-corrected chi connectivity index (χ1v) is 13.8. The Bertz CT molecular complexity index is 2090. The largest absolute Gasteiger partial charge is 0.263 e. The number of rotatable bonds is 2. The Labute approximate surface area is 271 Å². The maximum Gasteiger partial charge on any atom is 0.192 e. The summed E-state index contributed by atoms with van der Waals surface area (Å²) >= 11 is 2.12. The smallest absolute Gasteiger partial charge is 0.192 e. The Morgan fingerprint density at radius 2 is 1.22 bits per heavy atom. The van der Waals surface area contributed by atoms with Crippen LogP contribution in [0, 0.1) is 52.5 Å². The molecule has 0 aliphatic rings. The van der Waals surface area contributed by atoms with Gasteiger partial charge in [0.05, 0.1) is 46.0 Å². The van der Waals surface area contributed by atoms with E-state index in [0.717, 1.165) is 14.7 Å². The van der Waals surface area contributed by atoms with Crippen molar-refractivity contribution < 1.29 is 8.78 Å². The van der Waals surface area contributed by atoms with Crippen molar-refractivity contribution in [2.75, 3.05) is 0 Å². The predicted octanol–water partition coefficient (Wildman–Crippen LogP) is 7.59. The van der Waals surface area contributed by atoms with E-state index in [2.05, 4.69) is 70.2 Å². The number of halogens is 3. The van der Waals surface area contributed by atoms with Gasteiger partial charge in [-0.25, -0.2) is 27.8 Å². The van der Waals surface area contributed by atoms with Crippen molar-refractivity contribution in [3.05, 3.63) is 165 Å². The summed E-state index contributed by atoms with van der Waals surface area (Å²) in [6.07, 6.45) is 18.5. The lowest BCUT2D eigenvalue weighted by atomic mass is 10.2. The molecule has 2 aromatic carbocycles. The second-order valence-electron chi connectivity index (χ2n) is 8.71. The highest BCUT2D eigenvalue weighted by Crippen LogP contribution is 2.21. The van der Waals surface area contributed by atoms with E-state index in [1.165, 1.54) is 28.9 Å². The molecule has 0 bridgehead atoms. The van der Waals surface area contributed by atoms with Crippen LogP contribution >= 0.6 is 22.6 Å². The van der Waals surface area contributed by atoms with Gasteiger partial charge in [-0.2, -0.15) is 10.2 Å². The molecule has 45 heavy (non-hydrogen) atoms. The number of hydrogen-bond acceptors (Lipinski definition) is 4. The fourth-order valence-electron chi connectivity index (χ4n) is 3.51. The molecular formula is C34H19F2IN8. The van der Waals surface area contributed by atoms with Gasteiger partial charge in [0.15, 0.2) is 11.4 Å². The predicted molar refractivity (Wildman–Crippen MR) is 175 cm³/mol. The summed E-state index contributed by atoms with van der Waals surface area (Å²) in [7, 11) is 0. The zero-order valence-electron chi connectivity index (χ0n) is 23.2. The van der Waals surface area contributed by atoms with Gasteiger partial charge in [-0.15, -0.1) is 6.42 Å². The SMILES string of the molecule is C#Cc1cccnc1.[C-]#[N+]c1cc(F)cc(-n2cc(C#Cc3cccnc3)cn2)c1.[C-]#[N+]c1cc(F)cc(-n2cc(I)cn2)c1. The molecule has 0 N–H and O–H groups in total. The van der Waals surface area contributed by atoms with Crippen molar-refractivity contribution in [3.63, 3.8) is 0 Å². The van der Waals surface area contributed by atoms with Gasteiger partial charge < -0.3 is 0 Å². The van der Waals surface area contributed by atoms with Gasteiger partial charge in [-0.05, 0) is 83.3 Å². The first-order valence-electron chi connectivity index (χ1n) is 12.8. The molecule has 0 unspecified atom stereocenters. The minimum atomic E-state index is -0.470. The summed E-state index contributed by atoms with van der Waals surface area (Å²) < 4.78 is 30.6. The molecule has 0 radical (unpaired) electrons. The molecule has 216 valence electrons. The molecule has 6 rings (SSSR count). The molecule has 0 atom stereocenters. The summed E-state index contributed by atoms with van der Waals surface area (Å²) in [6.45, 7) is 13.8. The Balaban J connectivity index is 0.000000172. The highest BCUT2D eigenvalue weighted by Gasteiger charge is 2.05. The lowest BCUT2D eigenvalue weighted by molar-refractivity contribution is 0.626. The van der Waals surface area contributed by atoms with Crippen LogP contribution in [0.3, 0.4) is 0 Å². The van der Waals surface area contributed by atoms with Gasteiger partial charge in [0.2, 0.25) is 0 Å². The van der Waals surface area contributed by atoms with Crippen LogP contribution < -0.4 is 0 Å². The Morgan fingerprint density at radius 3 is 1.69 bits per heavy atom. The summed E-state index contributed by atoms with van der Waals surface area (Å²) in [5.74, 6) is 7.51. The summed E-state index contributed by atoms with van der Waals surface area (Å²) in [5, 5.41) is 8.19. The molecule has 4 aromatic heterocycles. The highest BCUT2D eigenvalue weighted by atomic mass is 127. The number of benzene rings is 2. The standard InChI is InChI=1S/C17H9FN4.C10H5FIN3.C7H5N/c1-19-16-7-15(18)8-17(9-16)22-12-14(11-21-22)5-4-13-3-2-6-20-10-13;1-13-9-2-7(11)3-10(4-9)15-6-8(12)5-14-15;1-2-7-4-3-5-8-6-7/h2-3,6-12H;2-6H;1,3-6H. The zero-order valence-corrected chi connectivity index (χ0v) is 25.3. The molecule has 0 fully saturated rings. The topological polar surface area (TPSA) is 70.1 Å². The van der Waals surface area contributed by atoms with Crippen LogP contribution in [0.25, 0.3) is 21.1 Å². The van der Waals surface area contributed by atoms with E-state index in [4.69, 9.17) is 19.6 Å². The Hall–Kier alpha value is -6.15. The van der Waals surface area contributed by atoms with Crippen LogP contribution in [0.15, 0.2) is 110 Å². The van der Waals surface area contributed by atoms with Crippen molar-refractivity contribution >= 4 is 34.0 Å². The van der Waals surface area contributed by atoms with Crippen molar-refractivity contribution in [1.29, 1.82) is 0 Å². The van der Waals surface area contributed by atoms with Crippen molar-refractivity contribution in [2.45, 2.75) is 0 Å². The summed E-state index contributed by atoms with van der Waals surface area (Å²) in [5.41, 5.74) is 3.87. The van der Waals surface area contributed by atoms with Gasteiger partial charge in [-0.1, -0.05) is 17.8 Å². The monoisotopic (exact) mass is 704 g/mol. The quantitative estimate of drug-likeness (QED) is 0.106. The molecular weight excluding hydrogens is 685 g/mol. The first kappa shape index (κ1) is 31.8. The fourth-order valence-corrected chi connectivity index (χ4v) is 3.90. The lowest BCUT2D eigenvalue weighted by Gasteiger charge is -2.01. The van der Waals surface area contributed by atoms with Crippen molar-refractivity contribution in [1.82, 2.24) is 29.5 Å². The van der Waals surface area contributed by atoms with Gasteiger partial charge in [0.25, 0.3) is 0 Å². The molecule has 4 heterocycles. The van der Waals surface area contributed by atoms with E-state index in [0.29, 0.717) is 16.9 Å². The molecule has 6 aromatic rings. The van der Waals surface area contributed by atoms with E-state index >= 15 is 0 Å².